The average Bonchev–Trinajstić information content (AvgIpc) is 2.66. The molecular weight excluding hydrogens is 332 g/mol. The minimum atomic E-state index is -0.480. The van der Waals surface area contributed by atoms with Crippen LogP contribution in [-0.2, 0) is 11.3 Å². The molecule has 0 atom stereocenters. The van der Waals surface area contributed by atoms with E-state index < -0.39 is 5.97 Å². The fraction of sp³-hybridized carbons (Fsp3) is 0.111. The summed E-state index contributed by atoms with van der Waals surface area (Å²) in [4.78, 5) is 24.6. The number of nitrogens with one attached hydrogen (secondary N) is 2. The molecule has 26 heavy (non-hydrogen) atoms. The number of anilines is 4. The lowest BCUT2D eigenvalue weighted by molar-refractivity contribution is 0.0463. The lowest BCUT2D eigenvalue weighted by Crippen LogP contribution is -2.12. The SMILES string of the molecule is CNc1ccccc1C(=O)OCc1nc(N)nc(Nc2ccccc2)n1. The highest BCUT2D eigenvalue weighted by molar-refractivity contribution is 5.95. The Hall–Kier alpha value is -3.68. The maximum Gasteiger partial charge on any atom is 0.340 e. The molecule has 1 heterocycles. The van der Waals surface area contributed by atoms with Gasteiger partial charge in [-0.3, -0.25) is 0 Å². The van der Waals surface area contributed by atoms with Crippen molar-refractivity contribution < 1.29 is 9.53 Å². The maximum absolute atomic E-state index is 12.3. The zero-order valence-electron chi connectivity index (χ0n) is 14.1. The lowest BCUT2D eigenvalue weighted by Gasteiger charge is -2.10. The molecular formula is C18H18N6O2. The Morgan fingerprint density at radius 3 is 2.54 bits per heavy atom. The second-order valence-electron chi connectivity index (χ2n) is 5.30. The highest BCUT2D eigenvalue weighted by Gasteiger charge is 2.13. The molecule has 0 amide bonds. The minimum absolute atomic E-state index is 0.0418. The molecule has 0 fully saturated rings. The van der Waals surface area contributed by atoms with Gasteiger partial charge in [-0.25, -0.2) is 4.79 Å². The van der Waals surface area contributed by atoms with Gasteiger partial charge in [0.2, 0.25) is 11.9 Å². The van der Waals surface area contributed by atoms with Crippen LogP contribution in [0.15, 0.2) is 54.6 Å². The van der Waals surface area contributed by atoms with E-state index in [0.29, 0.717) is 11.3 Å². The molecule has 3 rings (SSSR count). The summed E-state index contributed by atoms with van der Waals surface area (Å²) in [5, 5.41) is 5.98. The molecule has 0 aliphatic carbocycles. The molecule has 0 saturated carbocycles. The zero-order chi connectivity index (χ0) is 18.4. The van der Waals surface area contributed by atoms with E-state index in [-0.39, 0.29) is 24.3 Å². The van der Waals surface area contributed by atoms with E-state index in [2.05, 4.69) is 25.6 Å². The number of ether oxygens (including phenoxy) is 1. The molecule has 8 nitrogen and oxygen atoms in total. The van der Waals surface area contributed by atoms with Crippen molar-refractivity contribution in [1.29, 1.82) is 0 Å². The number of carbonyl (C=O) groups excluding carboxylic acids is 1. The Kier molecular flexibility index (Phi) is 5.23. The molecule has 0 radical (unpaired) electrons. The van der Waals surface area contributed by atoms with Crippen LogP contribution in [-0.4, -0.2) is 28.0 Å². The van der Waals surface area contributed by atoms with Crippen molar-refractivity contribution in [2.75, 3.05) is 23.4 Å². The Bertz CT molecular complexity index is 901. The molecule has 132 valence electrons. The van der Waals surface area contributed by atoms with Gasteiger partial charge in [0.1, 0.15) is 0 Å². The monoisotopic (exact) mass is 350 g/mol. The van der Waals surface area contributed by atoms with Gasteiger partial charge >= 0.3 is 5.97 Å². The van der Waals surface area contributed by atoms with Crippen molar-refractivity contribution in [2.45, 2.75) is 6.61 Å². The first-order chi connectivity index (χ1) is 12.7. The number of para-hydroxylation sites is 2. The predicted molar refractivity (Wildman–Crippen MR) is 99.1 cm³/mol. The largest absolute Gasteiger partial charge is 0.454 e. The van der Waals surface area contributed by atoms with Gasteiger partial charge in [0.25, 0.3) is 0 Å². The van der Waals surface area contributed by atoms with Crippen LogP contribution in [0.1, 0.15) is 16.2 Å². The van der Waals surface area contributed by atoms with E-state index in [4.69, 9.17) is 10.5 Å². The van der Waals surface area contributed by atoms with Gasteiger partial charge in [0.05, 0.1) is 5.56 Å². The summed E-state index contributed by atoms with van der Waals surface area (Å²) in [6.45, 7) is -0.118. The van der Waals surface area contributed by atoms with E-state index in [9.17, 15) is 4.79 Å². The van der Waals surface area contributed by atoms with Gasteiger partial charge in [-0.05, 0) is 24.3 Å². The third-order valence-electron chi connectivity index (χ3n) is 3.48. The first-order valence-corrected chi connectivity index (χ1v) is 7.92. The number of nitrogens with zero attached hydrogens (tertiary/aromatic N) is 3. The molecule has 0 aliphatic heterocycles. The molecule has 3 aromatic rings. The van der Waals surface area contributed by atoms with Crippen LogP contribution < -0.4 is 16.4 Å². The molecule has 8 heteroatoms. The average molecular weight is 350 g/mol. The summed E-state index contributed by atoms with van der Waals surface area (Å²) in [7, 11) is 1.74. The van der Waals surface area contributed by atoms with Crippen LogP contribution in [0.3, 0.4) is 0 Å². The van der Waals surface area contributed by atoms with E-state index in [1.807, 2.05) is 36.4 Å². The number of esters is 1. The molecule has 4 N–H and O–H groups in total. The first-order valence-electron chi connectivity index (χ1n) is 7.92. The van der Waals surface area contributed by atoms with Gasteiger partial charge in [0.15, 0.2) is 12.4 Å². The first kappa shape index (κ1) is 17.2. The minimum Gasteiger partial charge on any atom is -0.454 e. The fourth-order valence-electron chi connectivity index (χ4n) is 2.30. The van der Waals surface area contributed by atoms with Crippen molar-refractivity contribution >= 4 is 29.2 Å². The van der Waals surface area contributed by atoms with Crippen molar-refractivity contribution in [2.24, 2.45) is 0 Å². The summed E-state index contributed by atoms with van der Waals surface area (Å²) < 4.78 is 5.30. The number of nitrogen functional groups attached to an aromatic ring is 1. The lowest BCUT2D eigenvalue weighted by atomic mass is 10.2. The summed E-state index contributed by atoms with van der Waals surface area (Å²) in [5.41, 5.74) is 7.64. The second-order valence-corrected chi connectivity index (χ2v) is 5.30. The topological polar surface area (TPSA) is 115 Å². The number of nitrogens with two attached hydrogens (primary N) is 1. The highest BCUT2D eigenvalue weighted by atomic mass is 16.5. The summed E-state index contributed by atoms with van der Waals surface area (Å²) >= 11 is 0. The van der Waals surface area contributed by atoms with Crippen molar-refractivity contribution in [3.8, 4) is 0 Å². The van der Waals surface area contributed by atoms with Crippen LogP contribution >= 0.6 is 0 Å². The van der Waals surface area contributed by atoms with Gasteiger partial charge in [-0.2, -0.15) is 15.0 Å². The smallest absolute Gasteiger partial charge is 0.340 e. The number of rotatable bonds is 6. The number of carbonyl (C=O) groups is 1. The maximum atomic E-state index is 12.3. The Morgan fingerprint density at radius 2 is 1.77 bits per heavy atom. The second kappa shape index (κ2) is 7.93. The van der Waals surface area contributed by atoms with Gasteiger partial charge < -0.3 is 21.1 Å². The third kappa shape index (κ3) is 4.23. The molecule has 0 unspecified atom stereocenters. The summed E-state index contributed by atoms with van der Waals surface area (Å²) in [6, 6.07) is 16.5. The summed E-state index contributed by atoms with van der Waals surface area (Å²) in [5.74, 6) is 0.100. The molecule has 0 bridgehead atoms. The van der Waals surface area contributed by atoms with Crippen LogP contribution in [0.25, 0.3) is 0 Å². The third-order valence-corrected chi connectivity index (χ3v) is 3.48. The fourth-order valence-corrected chi connectivity index (χ4v) is 2.30. The van der Waals surface area contributed by atoms with Gasteiger partial charge in [-0.15, -0.1) is 0 Å². The number of aromatic nitrogens is 3. The van der Waals surface area contributed by atoms with Crippen LogP contribution in [0.5, 0.6) is 0 Å². The standard InChI is InChI=1S/C18H18N6O2/c1-20-14-10-6-5-9-13(14)16(25)26-11-15-22-17(19)24-18(23-15)21-12-7-3-2-4-8-12/h2-10,20H,11H2,1H3,(H3,19,21,22,23,24). The molecule has 0 saturated heterocycles. The highest BCUT2D eigenvalue weighted by Crippen LogP contribution is 2.17. The van der Waals surface area contributed by atoms with Crippen LogP contribution in [0, 0.1) is 0 Å². The normalized spacial score (nSPS) is 10.2. The summed E-state index contributed by atoms with van der Waals surface area (Å²) in [6.07, 6.45) is 0. The van der Waals surface area contributed by atoms with E-state index >= 15 is 0 Å². The molecule has 0 spiro atoms. The van der Waals surface area contributed by atoms with Crippen molar-refractivity contribution in [1.82, 2.24) is 15.0 Å². The number of benzene rings is 2. The van der Waals surface area contributed by atoms with Crippen molar-refractivity contribution in [3.63, 3.8) is 0 Å². The number of hydrogen-bond donors (Lipinski definition) is 3. The Morgan fingerprint density at radius 1 is 1.04 bits per heavy atom. The Balaban J connectivity index is 1.71. The van der Waals surface area contributed by atoms with Gasteiger partial charge in [-0.1, -0.05) is 30.3 Å². The quantitative estimate of drug-likeness (QED) is 0.581. The van der Waals surface area contributed by atoms with E-state index in [0.717, 1.165) is 5.69 Å². The van der Waals surface area contributed by atoms with Crippen LogP contribution in [0.2, 0.25) is 0 Å². The molecule has 0 aliphatic rings. The van der Waals surface area contributed by atoms with Crippen LogP contribution in [0.4, 0.5) is 23.3 Å². The van der Waals surface area contributed by atoms with Crippen molar-refractivity contribution in [3.05, 3.63) is 66.0 Å². The predicted octanol–water partition coefficient (Wildman–Crippen LogP) is 2.60. The van der Waals surface area contributed by atoms with E-state index in [1.54, 1.807) is 25.2 Å². The molecule has 2 aromatic carbocycles. The Labute approximate surface area is 150 Å². The van der Waals surface area contributed by atoms with E-state index in [1.165, 1.54) is 0 Å². The zero-order valence-corrected chi connectivity index (χ0v) is 14.1. The van der Waals surface area contributed by atoms with Gasteiger partial charge in [0, 0.05) is 18.4 Å². The molecule has 1 aromatic heterocycles. The number of hydrogen-bond acceptors (Lipinski definition) is 8.